The number of carbonyl (C=O) groups is 1. The fourth-order valence-corrected chi connectivity index (χ4v) is 6.54. The van der Waals surface area contributed by atoms with Crippen LogP contribution >= 0.6 is 11.8 Å². The van der Waals surface area contributed by atoms with Crippen LogP contribution in [0.2, 0.25) is 0 Å². The molecule has 4 rings (SSSR count). The molecule has 6 nitrogen and oxygen atoms in total. The van der Waals surface area contributed by atoms with E-state index in [0.717, 1.165) is 22.6 Å². The number of benzene rings is 2. The fourth-order valence-electron chi connectivity index (χ4n) is 4.01. The van der Waals surface area contributed by atoms with Gasteiger partial charge in [-0.2, -0.15) is 4.31 Å². The lowest BCUT2D eigenvalue weighted by Gasteiger charge is -2.34. The predicted molar refractivity (Wildman–Crippen MR) is 125 cm³/mol. The van der Waals surface area contributed by atoms with Crippen LogP contribution in [-0.4, -0.2) is 68.0 Å². The predicted octanol–water partition coefficient (Wildman–Crippen LogP) is 3.22. The standard InChI is InChI=1S/C23H29N3O3S2/c1-18-7-9-20(10-8-18)31(28,29)25-15-13-24(14-16-25)17-23(27)26-12-11-19(2)30-22-6-4-3-5-21(22)26/h3-10,19H,11-17H2,1-2H3/t19-/m0/s1. The van der Waals surface area contributed by atoms with Crippen molar-refractivity contribution in [1.29, 1.82) is 0 Å². The molecular formula is C23H29N3O3S2. The molecule has 8 heteroatoms. The SMILES string of the molecule is Cc1ccc(S(=O)(=O)N2CCN(CC(=O)N3CC[C@H](C)Sc4ccccc43)CC2)cc1. The Labute approximate surface area is 189 Å². The zero-order valence-electron chi connectivity index (χ0n) is 18.0. The summed E-state index contributed by atoms with van der Waals surface area (Å²) in [5.41, 5.74) is 2.02. The summed E-state index contributed by atoms with van der Waals surface area (Å²) in [6.45, 7) is 7.06. The normalized spacial score (nSPS) is 20.8. The lowest BCUT2D eigenvalue weighted by molar-refractivity contribution is -0.120. The minimum atomic E-state index is -3.49. The van der Waals surface area contributed by atoms with Crippen LogP contribution in [0.25, 0.3) is 0 Å². The Kier molecular flexibility index (Phi) is 6.71. The molecule has 0 aliphatic carbocycles. The molecule has 0 aromatic heterocycles. The quantitative estimate of drug-likeness (QED) is 0.703. The number of nitrogens with zero attached hydrogens (tertiary/aromatic N) is 3. The van der Waals surface area contributed by atoms with Gasteiger partial charge in [0.25, 0.3) is 0 Å². The lowest BCUT2D eigenvalue weighted by atomic mass is 10.2. The van der Waals surface area contributed by atoms with Gasteiger partial charge in [-0.1, -0.05) is 36.8 Å². The molecule has 0 unspecified atom stereocenters. The third kappa shape index (κ3) is 4.98. The maximum Gasteiger partial charge on any atom is 0.243 e. The van der Waals surface area contributed by atoms with Crippen molar-refractivity contribution in [1.82, 2.24) is 9.21 Å². The van der Waals surface area contributed by atoms with Crippen LogP contribution in [0.3, 0.4) is 0 Å². The molecule has 2 aliphatic rings. The zero-order valence-corrected chi connectivity index (χ0v) is 19.7. The van der Waals surface area contributed by atoms with Crippen LogP contribution in [-0.2, 0) is 14.8 Å². The number of piperazine rings is 1. The van der Waals surface area contributed by atoms with E-state index < -0.39 is 10.0 Å². The molecule has 2 aliphatic heterocycles. The molecule has 2 aromatic rings. The van der Waals surface area contributed by atoms with Gasteiger partial charge in [-0.15, -0.1) is 11.8 Å². The van der Waals surface area contributed by atoms with E-state index in [1.165, 1.54) is 4.31 Å². The van der Waals surface area contributed by atoms with Crippen LogP contribution in [0.4, 0.5) is 5.69 Å². The van der Waals surface area contributed by atoms with Crippen LogP contribution < -0.4 is 4.90 Å². The van der Waals surface area contributed by atoms with Gasteiger partial charge < -0.3 is 4.90 Å². The third-order valence-corrected chi connectivity index (χ3v) is 9.04. The molecule has 1 amide bonds. The van der Waals surface area contributed by atoms with E-state index in [9.17, 15) is 13.2 Å². The highest BCUT2D eigenvalue weighted by Crippen LogP contribution is 2.37. The Bertz CT molecular complexity index is 1030. The van der Waals surface area contributed by atoms with Gasteiger partial charge in [-0.3, -0.25) is 9.69 Å². The second-order valence-electron chi connectivity index (χ2n) is 8.22. The van der Waals surface area contributed by atoms with Crippen LogP contribution in [0, 0.1) is 6.92 Å². The first-order valence-electron chi connectivity index (χ1n) is 10.7. The summed E-state index contributed by atoms with van der Waals surface area (Å²) in [5.74, 6) is 0.0805. The number of hydrogen-bond donors (Lipinski definition) is 0. The van der Waals surface area contributed by atoms with Gasteiger partial charge in [-0.05, 0) is 37.6 Å². The summed E-state index contributed by atoms with van der Waals surface area (Å²) in [7, 11) is -3.49. The Morgan fingerprint density at radius 3 is 2.39 bits per heavy atom. The first-order valence-corrected chi connectivity index (χ1v) is 13.0. The van der Waals surface area contributed by atoms with E-state index in [2.05, 4.69) is 17.9 Å². The molecule has 0 N–H and O–H groups in total. The molecule has 0 spiro atoms. The highest BCUT2D eigenvalue weighted by Gasteiger charge is 2.31. The topological polar surface area (TPSA) is 60.9 Å². The molecule has 31 heavy (non-hydrogen) atoms. The average molecular weight is 460 g/mol. The number of anilines is 1. The van der Waals surface area contributed by atoms with E-state index in [4.69, 9.17) is 0 Å². The zero-order chi connectivity index (χ0) is 22.0. The van der Waals surface area contributed by atoms with Crippen molar-refractivity contribution < 1.29 is 13.2 Å². The molecule has 1 saturated heterocycles. The van der Waals surface area contributed by atoms with Crippen molar-refractivity contribution in [2.75, 3.05) is 44.2 Å². The van der Waals surface area contributed by atoms with E-state index in [1.807, 2.05) is 53.9 Å². The van der Waals surface area contributed by atoms with Crippen LogP contribution in [0.1, 0.15) is 18.9 Å². The number of carbonyl (C=O) groups excluding carboxylic acids is 1. The van der Waals surface area contributed by atoms with Gasteiger partial charge >= 0.3 is 0 Å². The molecule has 1 atom stereocenters. The van der Waals surface area contributed by atoms with Crippen LogP contribution in [0.5, 0.6) is 0 Å². The largest absolute Gasteiger partial charge is 0.310 e. The van der Waals surface area contributed by atoms with Gasteiger partial charge in [0.05, 0.1) is 17.1 Å². The van der Waals surface area contributed by atoms with Crippen molar-refractivity contribution in [2.24, 2.45) is 0 Å². The summed E-state index contributed by atoms with van der Waals surface area (Å²) in [6, 6.07) is 15.1. The Hall–Kier alpha value is -1.87. The summed E-state index contributed by atoms with van der Waals surface area (Å²) in [5, 5.41) is 0.467. The molecule has 2 aromatic carbocycles. The van der Waals surface area contributed by atoms with E-state index in [1.54, 1.807) is 12.1 Å². The second kappa shape index (κ2) is 9.32. The molecule has 1 fully saturated rings. The number of sulfonamides is 1. The second-order valence-corrected chi connectivity index (χ2v) is 11.6. The van der Waals surface area contributed by atoms with Crippen molar-refractivity contribution >= 4 is 33.4 Å². The first kappa shape index (κ1) is 22.3. The van der Waals surface area contributed by atoms with E-state index in [0.29, 0.717) is 49.4 Å². The maximum absolute atomic E-state index is 13.2. The molecular weight excluding hydrogens is 430 g/mol. The number of amides is 1. The first-order chi connectivity index (χ1) is 14.8. The minimum Gasteiger partial charge on any atom is -0.310 e. The summed E-state index contributed by atoms with van der Waals surface area (Å²) >= 11 is 1.82. The monoisotopic (exact) mass is 459 g/mol. The van der Waals surface area contributed by atoms with E-state index >= 15 is 0 Å². The number of thioether (sulfide) groups is 1. The van der Waals surface area contributed by atoms with E-state index in [-0.39, 0.29) is 5.91 Å². The number of rotatable bonds is 4. The van der Waals surface area contributed by atoms with Crippen molar-refractivity contribution in [3.8, 4) is 0 Å². The van der Waals surface area contributed by atoms with Crippen molar-refractivity contribution in [3.63, 3.8) is 0 Å². The fraction of sp³-hybridized carbons (Fsp3) is 0.435. The summed E-state index contributed by atoms with van der Waals surface area (Å²) in [6.07, 6.45) is 0.952. The molecule has 166 valence electrons. The maximum atomic E-state index is 13.2. The minimum absolute atomic E-state index is 0.0805. The number of fused-ring (bicyclic) bond motifs is 1. The van der Waals surface area contributed by atoms with Gasteiger partial charge in [0, 0.05) is 42.9 Å². The van der Waals surface area contributed by atoms with Crippen molar-refractivity contribution in [3.05, 3.63) is 54.1 Å². The number of para-hydroxylation sites is 1. The summed E-state index contributed by atoms with van der Waals surface area (Å²) in [4.78, 5) is 18.6. The van der Waals surface area contributed by atoms with Gasteiger partial charge in [0.1, 0.15) is 0 Å². The number of hydrogen-bond acceptors (Lipinski definition) is 5. The van der Waals surface area contributed by atoms with Crippen LogP contribution in [0.15, 0.2) is 58.3 Å². The third-order valence-electron chi connectivity index (χ3n) is 5.89. The molecule has 0 radical (unpaired) electrons. The molecule has 2 heterocycles. The smallest absolute Gasteiger partial charge is 0.243 e. The van der Waals surface area contributed by atoms with Gasteiger partial charge in [-0.25, -0.2) is 8.42 Å². The highest BCUT2D eigenvalue weighted by molar-refractivity contribution is 8.00. The van der Waals surface area contributed by atoms with Crippen molar-refractivity contribution in [2.45, 2.75) is 35.3 Å². The highest BCUT2D eigenvalue weighted by atomic mass is 32.2. The molecule has 0 saturated carbocycles. The molecule has 0 bridgehead atoms. The lowest BCUT2D eigenvalue weighted by Crippen LogP contribution is -2.51. The summed E-state index contributed by atoms with van der Waals surface area (Å²) < 4.78 is 27.3. The Morgan fingerprint density at radius 2 is 1.68 bits per heavy atom. The Balaban J connectivity index is 1.39. The Morgan fingerprint density at radius 1 is 1.00 bits per heavy atom. The number of aryl methyl sites for hydroxylation is 1. The average Bonchev–Trinajstić information content (AvgIpc) is 2.92. The van der Waals surface area contributed by atoms with Gasteiger partial charge in [0.2, 0.25) is 15.9 Å². The van der Waals surface area contributed by atoms with Gasteiger partial charge in [0.15, 0.2) is 0 Å².